The second kappa shape index (κ2) is 10.2. The van der Waals surface area contributed by atoms with Gasteiger partial charge in [0.1, 0.15) is 11.9 Å². The summed E-state index contributed by atoms with van der Waals surface area (Å²) in [6, 6.07) is 6.60. The summed E-state index contributed by atoms with van der Waals surface area (Å²) < 4.78 is 23.7. The fourth-order valence-electron chi connectivity index (χ4n) is 5.25. The van der Waals surface area contributed by atoms with E-state index in [0.29, 0.717) is 32.4 Å². The highest BCUT2D eigenvalue weighted by Crippen LogP contribution is 2.44. The number of piperidine rings is 1. The first kappa shape index (κ1) is 24.3. The number of benzene rings is 1. The number of ether oxygens (including phenoxy) is 2. The third-order valence-corrected chi connectivity index (χ3v) is 7.33. The van der Waals surface area contributed by atoms with Crippen molar-refractivity contribution in [3.05, 3.63) is 30.1 Å². The van der Waals surface area contributed by atoms with Crippen LogP contribution in [0.15, 0.2) is 24.3 Å². The van der Waals surface area contributed by atoms with Gasteiger partial charge in [-0.15, -0.1) is 0 Å². The maximum absolute atomic E-state index is 13.2. The molecule has 1 aromatic carbocycles. The van der Waals surface area contributed by atoms with Crippen molar-refractivity contribution in [1.29, 1.82) is 0 Å². The summed E-state index contributed by atoms with van der Waals surface area (Å²) in [5, 5.41) is 0. The van der Waals surface area contributed by atoms with Crippen LogP contribution in [0.1, 0.15) is 32.6 Å². The van der Waals surface area contributed by atoms with Crippen LogP contribution in [0.2, 0.25) is 0 Å². The molecule has 3 fully saturated rings. The van der Waals surface area contributed by atoms with Crippen LogP contribution in [0.25, 0.3) is 0 Å². The van der Waals surface area contributed by atoms with E-state index in [-0.39, 0.29) is 23.8 Å². The van der Waals surface area contributed by atoms with Gasteiger partial charge in [0.25, 0.3) is 5.91 Å². The van der Waals surface area contributed by atoms with Crippen molar-refractivity contribution in [1.82, 2.24) is 9.80 Å². The number of cyclic esters (lactones) is 1. The topological polar surface area (TPSA) is 105 Å². The van der Waals surface area contributed by atoms with E-state index >= 15 is 0 Å². The molecule has 1 aromatic rings. The number of amides is 2. The number of carbonyl (C=O) groups is 3. The number of rotatable bonds is 6. The largest absolute Gasteiger partial charge is 0.462 e. The number of halogens is 1. The molecule has 186 valence electrons. The Morgan fingerprint density at radius 3 is 2.41 bits per heavy atom. The molecule has 34 heavy (non-hydrogen) atoms. The van der Waals surface area contributed by atoms with Gasteiger partial charge in [0.2, 0.25) is 0 Å². The molecule has 3 heterocycles. The van der Waals surface area contributed by atoms with Gasteiger partial charge in [0.05, 0.1) is 5.41 Å². The molecule has 1 unspecified atom stereocenters. The van der Waals surface area contributed by atoms with Gasteiger partial charge in [-0.3, -0.25) is 14.5 Å². The zero-order valence-corrected chi connectivity index (χ0v) is 19.6. The Morgan fingerprint density at radius 1 is 1.15 bits per heavy atom. The zero-order valence-electron chi connectivity index (χ0n) is 19.6. The Labute approximate surface area is 198 Å². The van der Waals surface area contributed by atoms with Crippen LogP contribution in [-0.4, -0.2) is 85.8 Å². The number of likely N-dealkylation sites (tertiary alicyclic amines) is 1. The Morgan fingerprint density at radius 2 is 1.79 bits per heavy atom. The highest BCUT2D eigenvalue weighted by atomic mass is 19.1. The van der Waals surface area contributed by atoms with Crippen molar-refractivity contribution in [2.24, 2.45) is 11.1 Å². The third-order valence-electron chi connectivity index (χ3n) is 7.33. The van der Waals surface area contributed by atoms with E-state index in [2.05, 4.69) is 9.80 Å². The first-order valence-electron chi connectivity index (χ1n) is 11.9. The number of primary amides is 1. The van der Waals surface area contributed by atoms with E-state index < -0.39 is 17.6 Å². The standard InChI is InChI=1S/C24H33FN4O5/c1-17(33-23(26)32)21(30)29-10-7-24(8-11-29)16-20(34-22(24)31)6-9-27-12-14-28(15-13-27)19-4-2-18(25)3-5-19/h2-5,17,20H,6-16H2,1H3,(H2,26,32)/t17-,20?/m1/s1. The monoisotopic (exact) mass is 476 g/mol. The minimum atomic E-state index is -0.978. The fourth-order valence-corrected chi connectivity index (χ4v) is 5.25. The summed E-state index contributed by atoms with van der Waals surface area (Å²) in [6.45, 7) is 6.78. The van der Waals surface area contributed by atoms with E-state index in [0.717, 1.165) is 44.8 Å². The molecule has 0 aliphatic carbocycles. The van der Waals surface area contributed by atoms with E-state index in [1.165, 1.54) is 19.1 Å². The van der Waals surface area contributed by atoms with Crippen molar-refractivity contribution < 1.29 is 28.2 Å². The molecule has 2 amide bonds. The Bertz CT molecular complexity index is 895. The molecule has 3 aliphatic rings. The molecule has 2 N–H and O–H groups in total. The van der Waals surface area contributed by atoms with Crippen LogP contribution in [0, 0.1) is 11.2 Å². The fraction of sp³-hybridized carbons (Fsp3) is 0.625. The Hall–Kier alpha value is -2.88. The minimum absolute atomic E-state index is 0.109. The molecule has 0 radical (unpaired) electrons. The van der Waals surface area contributed by atoms with Gasteiger partial charge in [0, 0.05) is 57.9 Å². The minimum Gasteiger partial charge on any atom is -0.462 e. The number of piperazine rings is 1. The lowest BCUT2D eigenvalue weighted by atomic mass is 9.75. The maximum atomic E-state index is 13.2. The van der Waals surface area contributed by atoms with E-state index in [4.69, 9.17) is 15.2 Å². The van der Waals surface area contributed by atoms with Gasteiger partial charge in [-0.1, -0.05) is 0 Å². The number of esters is 1. The quantitative estimate of drug-likeness (QED) is 0.624. The molecule has 1 spiro atoms. The second-order valence-corrected chi connectivity index (χ2v) is 9.51. The van der Waals surface area contributed by atoms with Crippen molar-refractivity contribution in [3.63, 3.8) is 0 Å². The normalized spacial score (nSPS) is 23.6. The predicted molar refractivity (Wildman–Crippen MR) is 123 cm³/mol. The van der Waals surface area contributed by atoms with Crippen molar-refractivity contribution in [2.75, 3.05) is 50.7 Å². The maximum Gasteiger partial charge on any atom is 0.405 e. The lowest BCUT2D eigenvalue weighted by Gasteiger charge is -2.37. The van der Waals surface area contributed by atoms with Crippen LogP contribution in [-0.2, 0) is 19.1 Å². The summed E-state index contributed by atoms with van der Waals surface area (Å²) in [5.41, 5.74) is 5.50. The molecule has 10 heteroatoms. The van der Waals surface area contributed by atoms with Crippen LogP contribution < -0.4 is 10.6 Å². The number of anilines is 1. The highest BCUT2D eigenvalue weighted by molar-refractivity contribution is 5.84. The summed E-state index contributed by atoms with van der Waals surface area (Å²) in [6.07, 6.45) is 0.544. The van der Waals surface area contributed by atoms with Crippen molar-refractivity contribution >= 4 is 23.7 Å². The SMILES string of the molecule is C[C@@H](OC(N)=O)C(=O)N1CCC2(CC1)CC(CCN1CCN(c3ccc(F)cc3)CC1)OC2=O. The van der Waals surface area contributed by atoms with Crippen LogP contribution in [0.3, 0.4) is 0 Å². The molecular weight excluding hydrogens is 443 g/mol. The third kappa shape index (κ3) is 5.43. The lowest BCUT2D eigenvalue weighted by molar-refractivity contribution is -0.154. The summed E-state index contributed by atoms with van der Waals surface area (Å²) in [5.74, 6) is -0.682. The summed E-state index contributed by atoms with van der Waals surface area (Å²) >= 11 is 0. The van der Waals surface area contributed by atoms with Crippen LogP contribution in [0.4, 0.5) is 14.9 Å². The predicted octanol–water partition coefficient (Wildman–Crippen LogP) is 1.75. The van der Waals surface area contributed by atoms with E-state index in [1.807, 2.05) is 12.1 Å². The van der Waals surface area contributed by atoms with Crippen molar-refractivity contribution in [3.8, 4) is 0 Å². The number of hydrogen-bond acceptors (Lipinski definition) is 7. The van der Waals surface area contributed by atoms with Crippen LogP contribution >= 0.6 is 0 Å². The average molecular weight is 477 g/mol. The van der Waals surface area contributed by atoms with Gasteiger partial charge in [-0.25, -0.2) is 9.18 Å². The van der Waals surface area contributed by atoms with Gasteiger partial charge in [-0.05, 0) is 50.5 Å². The molecule has 2 atom stereocenters. The molecule has 0 aromatic heterocycles. The Balaban J connectivity index is 1.21. The van der Waals surface area contributed by atoms with E-state index in [1.54, 1.807) is 4.90 Å². The van der Waals surface area contributed by atoms with Gasteiger partial charge in [-0.2, -0.15) is 0 Å². The first-order chi connectivity index (χ1) is 16.3. The molecule has 0 saturated carbocycles. The smallest absolute Gasteiger partial charge is 0.405 e. The number of nitrogens with two attached hydrogens (primary N) is 1. The van der Waals surface area contributed by atoms with Crippen LogP contribution in [0.5, 0.6) is 0 Å². The second-order valence-electron chi connectivity index (χ2n) is 9.51. The van der Waals surface area contributed by atoms with E-state index in [9.17, 15) is 18.8 Å². The van der Waals surface area contributed by atoms with Crippen molar-refractivity contribution in [2.45, 2.75) is 44.8 Å². The number of hydrogen-bond donors (Lipinski definition) is 1. The average Bonchev–Trinajstić information content (AvgIpc) is 3.12. The van der Waals surface area contributed by atoms with Gasteiger partial charge < -0.3 is 25.0 Å². The van der Waals surface area contributed by atoms with Gasteiger partial charge >= 0.3 is 12.1 Å². The molecule has 3 aliphatic heterocycles. The summed E-state index contributed by atoms with van der Waals surface area (Å²) in [4.78, 5) is 42.3. The highest BCUT2D eigenvalue weighted by Gasteiger charge is 2.51. The summed E-state index contributed by atoms with van der Waals surface area (Å²) in [7, 11) is 0. The molecule has 4 rings (SSSR count). The van der Waals surface area contributed by atoms with Gasteiger partial charge in [0.15, 0.2) is 6.10 Å². The number of carbonyl (C=O) groups excluding carboxylic acids is 3. The molecule has 3 saturated heterocycles. The molecule has 9 nitrogen and oxygen atoms in total. The molecular formula is C24H33FN4O5. The lowest BCUT2D eigenvalue weighted by Crippen LogP contribution is -2.48. The number of nitrogens with zero attached hydrogens (tertiary/aromatic N) is 3. The zero-order chi connectivity index (χ0) is 24.3. The Kier molecular flexibility index (Phi) is 7.25. The molecule has 0 bridgehead atoms. The first-order valence-corrected chi connectivity index (χ1v) is 11.9.